The van der Waals surface area contributed by atoms with E-state index in [4.69, 9.17) is 31.2 Å². The highest BCUT2D eigenvalue weighted by Crippen LogP contribution is 2.40. The van der Waals surface area contributed by atoms with Crippen LogP contribution in [0.5, 0.6) is 17.2 Å². The van der Waals surface area contributed by atoms with E-state index < -0.39 is 11.6 Å². The number of carbonyl (C=O) groups excluding carboxylic acids is 1. The highest BCUT2D eigenvalue weighted by atomic mass is 32.1. The van der Waals surface area contributed by atoms with Gasteiger partial charge in [0.1, 0.15) is 22.8 Å². The van der Waals surface area contributed by atoms with Gasteiger partial charge in [0.05, 0.1) is 25.1 Å². The zero-order chi connectivity index (χ0) is 26.3. The van der Waals surface area contributed by atoms with Gasteiger partial charge in [-0.05, 0) is 62.5 Å². The summed E-state index contributed by atoms with van der Waals surface area (Å²) in [6.45, 7) is 3.83. The highest BCUT2D eigenvalue weighted by molar-refractivity contribution is 7.80. The third kappa shape index (κ3) is 6.34. The molecule has 2 N–H and O–H groups in total. The molecule has 0 spiro atoms. The minimum atomic E-state index is -0.715. The van der Waals surface area contributed by atoms with Gasteiger partial charge in [-0.3, -0.25) is 10.4 Å². The van der Waals surface area contributed by atoms with Crippen molar-refractivity contribution >= 4 is 34.7 Å². The standard InChI is InChI=1S/C27H28N4O5S/c1-4-34-25(32)17-35-19-11-12-23-20(14-19)22(15-27(2,36-23)18-8-7-13-28-16-18)30-31-26(37)29-21-9-5-6-10-24(21)33-3/h5-14,16H,4,15,17H2,1-3H3,(H2,29,31,37)/b30-22-/t27-/m0/s1. The molecule has 0 aliphatic carbocycles. The molecule has 0 saturated heterocycles. The van der Waals surface area contributed by atoms with Crippen molar-refractivity contribution in [2.24, 2.45) is 5.10 Å². The van der Waals surface area contributed by atoms with Gasteiger partial charge in [-0.15, -0.1) is 0 Å². The third-order valence-corrected chi connectivity index (χ3v) is 5.88. The van der Waals surface area contributed by atoms with Crippen LogP contribution in [0.3, 0.4) is 0 Å². The summed E-state index contributed by atoms with van der Waals surface area (Å²) < 4.78 is 22.4. The molecule has 1 aliphatic heterocycles. The van der Waals surface area contributed by atoms with Crippen molar-refractivity contribution in [3.8, 4) is 17.2 Å². The van der Waals surface area contributed by atoms with Gasteiger partial charge in [0.25, 0.3) is 0 Å². The fourth-order valence-corrected chi connectivity index (χ4v) is 4.06. The Labute approximate surface area is 220 Å². The van der Waals surface area contributed by atoms with Crippen LogP contribution < -0.4 is 25.0 Å². The number of para-hydroxylation sites is 2. The molecule has 9 nitrogen and oxygen atoms in total. The number of esters is 1. The molecule has 1 aromatic heterocycles. The largest absolute Gasteiger partial charge is 0.495 e. The number of methoxy groups -OCH3 is 1. The second-order valence-corrected chi connectivity index (χ2v) is 8.74. The van der Waals surface area contributed by atoms with Crippen LogP contribution in [0.25, 0.3) is 0 Å². The maximum atomic E-state index is 11.7. The van der Waals surface area contributed by atoms with Crippen molar-refractivity contribution in [1.29, 1.82) is 0 Å². The first-order valence-electron chi connectivity index (χ1n) is 11.7. The molecule has 0 unspecified atom stereocenters. The predicted octanol–water partition coefficient (Wildman–Crippen LogP) is 4.42. The van der Waals surface area contributed by atoms with Crippen molar-refractivity contribution < 1.29 is 23.7 Å². The van der Waals surface area contributed by atoms with E-state index >= 15 is 0 Å². The number of hydrogen-bond donors (Lipinski definition) is 2. The average molecular weight is 521 g/mol. The first-order valence-corrected chi connectivity index (χ1v) is 12.1. The lowest BCUT2D eigenvalue weighted by Crippen LogP contribution is -2.38. The van der Waals surface area contributed by atoms with Crippen molar-refractivity contribution in [3.05, 3.63) is 78.1 Å². The van der Waals surface area contributed by atoms with Crippen LogP contribution in [-0.4, -0.2) is 42.1 Å². The van der Waals surface area contributed by atoms with E-state index in [1.54, 1.807) is 44.6 Å². The number of rotatable bonds is 8. The van der Waals surface area contributed by atoms with E-state index in [1.807, 2.05) is 43.3 Å². The molecular formula is C27H28N4O5S. The van der Waals surface area contributed by atoms with Crippen LogP contribution in [0.15, 0.2) is 72.1 Å². The van der Waals surface area contributed by atoms with Crippen LogP contribution in [0.1, 0.15) is 31.4 Å². The lowest BCUT2D eigenvalue weighted by molar-refractivity contribution is -0.145. The second-order valence-electron chi connectivity index (χ2n) is 8.33. The van der Waals surface area contributed by atoms with Gasteiger partial charge in [-0.25, -0.2) is 4.79 Å². The third-order valence-electron chi connectivity index (χ3n) is 5.68. The molecule has 3 aromatic rings. The van der Waals surface area contributed by atoms with Crippen molar-refractivity contribution in [3.63, 3.8) is 0 Å². The second kappa shape index (κ2) is 11.7. The molecule has 2 heterocycles. The Morgan fingerprint density at radius 3 is 2.81 bits per heavy atom. The van der Waals surface area contributed by atoms with Gasteiger partial charge in [-0.2, -0.15) is 5.10 Å². The zero-order valence-corrected chi connectivity index (χ0v) is 21.6. The lowest BCUT2D eigenvalue weighted by Gasteiger charge is -2.36. The van der Waals surface area contributed by atoms with Gasteiger partial charge in [0.2, 0.25) is 0 Å². The maximum absolute atomic E-state index is 11.7. The monoisotopic (exact) mass is 520 g/mol. The zero-order valence-electron chi connectivity index (χ0n) is 20.8. The van der Waals surface area contributed by atoms with Gasteiger partial charge >= 0.3 is 5.97 Å². The molecule has 1 atom stereocenters. The first kappa shape index (κ1) is 25.9. The van der Waals surface area contributed by atoms with E-state index in [9.17, 15) is 4.79 Å². The summed E-state index contributed by atoms with van der Waals surface area (Å²) in [6.07, 6.45) is 3.92. The van der Waals surface area contributed by atoms with Gasteiger partial charge in [0, 0.05) is 29.9 Å². The van der Waals surface area contributed by atoms with Gasteiger partial charge in [-0.1, -0.05) is 18.2 Å². The van der Waals surface area contributed by atoms with E-state index in [-0.39, 0.29) is 6.61 Å². The maximum Gasteiger partial charge on any atom is 0.344 e. The van der Waals surface area contributed by atoms with E-state index in [0.717, 1.165) is 11.1 Å². The summed E-state index contributed by atoms with van der Waals surface area (Å²) in [5, 5.41) is 8.04. The quantitative estimate of drug-likeness (QED) is 0.254. The number of fused-ring (bicyclic) bond motifs is 1. The fraction of sp³-hybridized carbons (Fsp3) is 0.259. The molecule has 4 rings (SSSR count). The Morgan fingerprint density at radius 1 is 1.22 bits per heavy atom. The predicted molar refractivity (Wildman–Crippen MR) is 144 cm³/mol. The number of ether oxygens (including phenoxy) is 4. The van der Waals surface area contributed by atoms with Crippen LogP contribution in [-0.2, 0) is 15.1 Å². The smallest absolute Gasteiger partial charge is 0.344 e. The minimum absolute atomic E-state index is 0.196. The first-order chi connectivity index (χ1) is 17.9. The topological polar surface area (TPSA) is 103 Å². The number of hydrazone groups is 1. The number of nitrogens with one attached hydrogen (secondary N) is 2. The number of nitrogens with zero attached hydrogens (tertiary/aromatic N) is 2. The number of carbonyl (C=O) groups is 1. The molecule has 2 aromatic carbocycles. The molecule has 10 heteroatoms. The van der Waals surface area contributed by atoms with Crippen molar-refractivity contribution in [1.82, 2.24) is 10.4 Å². The Balaban J connectivity index is 1.61. The molecule has 0 radical (unpaired) electrons. The minimum Gasteiger partial charge on any atom is -0.495 e. The van der Waals surface area contributed by atoms with Crippen molar-refractivity contribution in [2.45, 2.75) is 25.9 Å². The van der Waals surface area contributed by atoms with Gasteiger partial charge < -0.3 is 24.3 Å². The summed E-state index contributed by atoms with van der Waals surface area (Å²) in [5.41, 5.74) is 5.25. The Hall–Kier alpha value is -4.18. The Bertz CT molecular complexity index is 1300. The Morgan fingerprint density at radius 2 is 2.05 bits per heavy atom. The van der Waals surface area contributed by atoms with E-state index in [1.165, 1.54) is 0 Å². The van der Waals surface area contributed by atoms with Crippen LogP contribution in [0, 0.1) is 0 Å². The Kier molecular flexibility index (Phi) is 8.19. The summed E-state index contributed by atoms with van der Waals surface area (Å²) in [7, 11) is 1.59. The summed E-state index contributed by atoms with van der Waals surface area (Å²) >= 11 is 5.48. The molecule has 0 saturated carbocycles. The summed E-state index contributed by atoms with van der Waals surface area (Å²) in [4.78, 5) is 16.0. The normalized spacial score (nSPS) is 17.2. The SMILES string of the molecule is CCOC(=O)COc1ccc2c(c1)/C(=N\NC(=S)Nc1ccccc1OC)C[C@@](C)(c1cccnc1)O2. The van der Waals surface area contributed by atoms with Crippen LogP contribution in [0.4, 0.5) is 5.69 Å². The summed E-state index contributed by atoms with van der Waals surface area (Å²) in [6, 6.07) is 16.6. The molecule has 192 valence electrons. The molecule has 0 amide bonds. The number of anilines is 1. The van der Waals surface area contributed by atoms with E-state index in [2.05, 4.69) is 20.8 Å². The lowest BCUT2D eigenvalue weighted by atomic mass is 9.86. The molecule has 0 bridgehead atoms. The number of thiocarbonyl (C=S) groups is 1. The molecule has 0 fully saturated rings. The number of aromatic nitrogens is 1. The number of hydrogen-bond acceptors (Lipinski definition) is 8. The van der Waals surface area contributed by atoms with Crippen LogP contribution >= 0.6 is 12.2 Å². The van der Waals surface area contributed by atoms with Crippen molar-refractivity contribution in [2.75, 3.05) is 25.6 Å². The molecule has 1 aliphatic rings. The average Bonchev–Trinajstić information content (AvgIpc) is 2.91. The fourth-order valence-electron chi connectivity index (χ4n) is 3.90. The molecule has 37 heavy (non-hydrogen) atoms. The van der Waals surface area contributed by atoms with Crippen LogP contribution in [0.2, 0.25) is 0 Å². The molecular weight excluding hydrogens is 492 g/mol. The summed E-state index contributed by atoms with van der Waals surface area (Å²) in [5.74, 6) is 1.32. The highest BCUT2D eigenvalue weighted by Gasteiger charge is 2.37. The number of pyridine rings is 1. The number of benzene rings is 2. The van der Waals surface area contributed by atoms with Gasteiger partial charge in [0.15, 0.2) is 11.7 Å². The van der Waals surface area contributed by atoms with E-state index in [0.29, 0.717) is 46.8 Å².